The van der Waals surface area contributed by atoms with Crippen LogP contribution < -0.4 is 0 Å². The van der Waals surface area contributed by atoms with Crippen molar-refractivity contribution < 1.29 is 53.4 Å². The lowest BCUT2D eigenvalue weighted by Crippen LogP contribution is -2.65. The number of fused-ring (bicyclic) bond motifs is 3. The van der Waals surface area contributed by atoms with Crippen molar-refractivity contribution in [3.8, 4) is 0 Å². The standard InChI is InChI=1S/C19H11ClF10N2O2/c1-2-34-14(33)11-12-10-6-4-3-5-9(10)7-8-32(12)31-13(11)15(21,22)16(23,24)17(25,26)18(27,28)19(20,29)30/h3-8H,2H2,1H3. The van der Waals surface area contributed by atoms with Gasteiger partial charge in [0, 0.05) is 11.6 Å². The van der Waals surface area contributed by atoms with E-state index in [0.29, 0.717) is 4.52 Å². The molecular weight excluding hydrogens is 514 g/mol. The van der Waals surface area contributed by atoms with Crippen LogP contribution in [0.1, 0.15) is 23.0 Å². The van der Waals surface area contributed by atoms with Crippen molar-refractivity contribution in [2.24, 2.45) is 0 Å². The Labute approximate surface area is 188 Å². The van der Waals surface area contributed by atoms with Crippen LogP contribution in [-0.4, -0.2) is 45.3 Å². The molecule has 0 fully saturated rings. The summed E-state index contributed by atoms with van der Waals surface area (Å²) in [6, 6.07) is 6.74. The van der Waals surface area contributed by atoms with Crippen LogP contribution in [0.5, 0.6) is 0 Å². The zero-order valence-corrected chi connectivity index (χ0v) is 17.3. The average Bonchev–Trinajstić information content (AvgIpc) is 3.13. The second-order valence-electron chi connectivity index (χ2n) is 6.94. The van der Waals surface area contributed by atoms with Gasteiger partial charge in [0.25, 0.3) is 0 Å². The number of alkyl halides is 11. The second-order valence-corrected chi connectivity index (χ2v) is 7.41. The lowest BCUT2D eigenvalue weighted by molar-refractivity contribution is -0.393. The van der Waals surface area contributed by atoms with Gasteiger partial charge in [-0.15, -0.1) is 0 Å². The zero-order valence-electron chi connectivity index (χ0n) is 16.5. The van der Waals surface area contributed by atoms with Crippen LogP contribution in [0, 0.1) is 0 Å². The molecule has 3 aromatic rings. The Hall–Kier alpha value is -2.77. The fourth-order valence-electron chi connectivity index (χ4n) is 3.15. The van der Waals surface area contributed by atoms with E-state index in [2.05, 4.69) is 21.4 Å². The maximum absolute atomic E-state index is 14.9. The molecule has 0 saturated heterocycles. The molecule has 0 aliphatic heterocycles. The predicted molar refractivity (Wildman–Crippen MR) is 98.2 cm³/mol. The summed E-state index contributed by atoms with van der Waals surface area (Å²) >= 11 is 3.83. The molecule has 0 amide bonds. The lowest BCUT2D eigenvalue weighted by Gasteiger charge is -2.37. The highest BCUT2D eigenvalue weighted by Crippen LogP contribution is 2.60. The minimum absolute atomic E-state index is 0.0460. The Balaban J connectivity index is 2.37. The minimum atomic E-state index is -7.40. The Morgan fingerprint density at radius 2 is 1.53 bits per heavy atom. The molecule has 0 saturated carbocycles. The number of hydrogen-bond acceptors (Lipinski definition) is 3. The Morgan fingerprint density at radius 3 is 2.09 bits per heavy atom. The molecule has 0 aliphatic rings. The number of carbonyl (C=O) groups excluding carboxylic acids is 1. The van der Waals surface area contributed by atoms with Crippen LogP contribution in [-0.2, 0) is 10.7 Å². The zero-order chi connectivity index (χ0) is 25.9. The molecule has 1 aromatic carbocycles. The number of aromatic nitrogens is 2. The van der Waals surface area contributed by atoms with Gasteiger partial charge >= 0.3 is 35.0 Å². The van der Waals surface area contributed by atoms with E-state index in [4.69, 9.17) is 0 Å². The SMILES string of the molecule is CCOC(=O)c1c(C(F)(F)C(F)(F)C(F)(F)C(F)(F)C(F)(F)Cl)nn2ccc3ccccc3c12. The van der Waals surface area contributed by atoms with Crippen molar-refractivity contribution in [1.82, 2.24) is 9.61 Å². The molecule has 186 valence electrons. The van der Waals surface area contributed by atoms with Gasteiger partial charge in [0.05, 0.1) is 12.1 Å². The van der Waals surface area contributed by atoms with Crippen LogP contribution in [0.4, 0.5) is 43.9 Å². The third kappa shape index (κ3) is 3.45. The third-order valence-electron chi connectivity index (χ3n) is 4.84. The number of rotatable bonds is 7. The summed E-state index contributed by atoms with van der Waals surface area (Å²) in [5, 5.41) is -3.07. The molecule has 2 aromatic heterocycles. The summed E-state index contributed by atoms with van der Waals surface area (Å²) in [5.41, 5.74) is -4.43. The highest BCUT2D eigenvalue weighted by atomic mass is 35.5. The van der Waals surface area contributed by atoms with E-state index >= 15 is 0 Å². The molecule has 4 nitrogen and oxygen atoms in total. The van der Waals surface area contributed by atoms with Crippen molar-refractivity contribution >= 4 is 33.9 Å². The maximum atomic E-state index is 14.9. The molecule has 0 aliphatic carbocycles. The van der Waals surface area contributed by atoms with E-state index < -0.39 is 58.4 Å². The number of esters is 1. The van der Waals surface area contributed by atoms with Gasteiger partial charge in [-0.3, -0.25) is 0 Å². The van der Waals surface area contributed by atoms with Crippen LogP contribution in [0.15, 0.2) is 36.5 Å². The fourth-order valence-corrected chi connectivity index (χ4v) is 3.27. The Kier molecular flexibility index (Phi) is 5.99. The van der Waals surface area contributed by atoms with Crippen molar-refractivity contribution in [2.75, 3.05) is 6.61 Å². The molecule has 0 N–H and O–H groups in total. The number of ether oxygens (including phenoxy) is 1. The van der Waals surface area contributed by atoms with Crippen molar-refractivity contribution in [3.05, 3.63) is 47.8 Å². The maximum Gasteiger partial charge on any atom is 0.393 e. The molecule has 0 atom stereocenters. The Bertz CT molecular complexity index is 1250. The number of hydrogen-bond donors (Lipinski definition) is 0. The van der Waals surface area contributed by atoms with Gasteiger partial charge in [0.2, 0.25) is 0 Å². The normalized spacial score (nSPS) is 14.1. The first-order valence-corrected chi connectivity index (χ1v) is 9.47. The monoisotopic (exact) mass is 524 g/mol. The van der Waals surface area contributed by atoms with Gasteiger partial charge in [-0.05, 0) is 30.0 Å². The van der Waals surface area contributed by atoms with Gasteiger partial charge in [0.1, 0.15) is 5.56 Å². The summed E-state index contributed by atoms with van der Waals surface area (Å²) < 4.78 is 144. The second kappa shape index (κ2) is 7.89. The van der Waals surface area contributed by atoms with E-state index in [1.54, 1.807) is 0 Å². The predicted octanol–water partition coefficient (Wildman–Crippen LogP) is 6.49. The van der Waals surface area contributed by atoms with Crippen LogP contribution >= 0.6 is 11.6 Å². The number of halogens is 11. The smallest absolute Gasteiger partial charge is 0.393 e. The summed E-state index contributed by atoms with van der Waals surface area (Å²) in [5.74, 6) is -29.9. The van der Waals surface area contributed by atoms with Crippen molar-refractivity contribution in [2.45, 2.75) is 36.0 Å². The van der Waals surface area contributed by atoms with E-state index in [1.165, 1.54) is 37.3 Å². The number of carbonyl (C=O) groups is 1. The summed E-state index contributed by atoms with van der Waals surface area (Å²) in [6.07, 6.45) is 0.901. The minimum Gasteiger partial charge on any atom is -0.462 e. The van der Waals surface area contributed by atoms with E-state index in [9.17, 15) is 48.7 Å². The summed E-state index contributed by atoms with van der Waals surface area (Å²) in [7, 11) is 0. The first-order chi connectivity index (χ1) is 15.4. The van der Waals surface area contributed by atoms with Crippen LogP contribution in [0.3, 0.4) is 0 Å². The first-order valence-electron chi connectivity index (χ1n) is 9.09. The van der Waals surface area contributed by atoms with Gasteiger partial charge in [-0.25, -0.2) is 9.31 Å². The molecule has 34 heavy (non-hydrogen) atoms. The number of nitrogens with zero attached hydrogens (tertiary/aromatic N) is 2. The molecule has 0 spiro atoms. The van der Waals surface area contributed by atoms with E-state index in [0.717, 1.165) is 6.20 Å². The van der Waals surface area contributed by atoms with Crippen molar-refractivity contribution in [3.63, 3.8) is 0 Å². The van der Waals surface area contributed by atoms with Gasteiger partial charge in [0.15, 0.2) is 5.69 Å². The summed E-state index contributed by atoms with van der Waals surface area (Å²) in [4.78, 5) is 12.4. The third-order valence-corrected chi connectivity index (χ3v) is 5.08. The largest absolute Gasteiger partial charge is 0.462 e. The van der Waals surface area contributed by atoms with Crippen LogP contribution in [0.2, 0.25) is 0 Å². The molecule has 15 heteroatoms. The average molecular weight is 525 g/mol. The summed E-state index contributed by atoms with van der Waals surface area (Å²) in [6.45, 7) is 0.709. The number of pyridine rings is 1. The van der Waals surface area contributed by atoms with E-state index in [1.807, 2.05) is 0 Å². The fraction of sp³-hybridized carbons (Fsp3) is 0.368. The van der Waals surface area contributed by atoms with Gasteiger partial charge < -0.3 is 4.74 Å². The molecule has 2 heterocycles. The molecule has 0 bridgehead atoms. The quantitative estimate of drug-likeness (QED) is 0.201. The highest BCUT2D eigenvalue weighted by molar-refractivity contribution is 6.22. The first kappa shape index (κ1) is 25.8. The van der Waals surface area contributed by atoms with Gasteiger partial charge in [-0.1, -0.05) is 24.3 Å². The molecule has 3 rings (SSSR count). The number of benzene rings is 1. The highest BCUT2D eigenvalue weighted by Gasteiger charge is 2.87. The topological polar surface area (TPSA) is 43.6 Å². The molecular formula is C19H11ClF10N2O2. The molecule has 0 unspecified atom stereocenters. The lowest BCUT2D eigenvalue weighted by atomic mass is 9.94. The van der Waals surface area contributed by atoms with E-state index in [-0.39, 0.29) is 10.8 Å². The van der Waals surface area contributed by atoms with Crippen LogP contribution in [0.25, 0.3) is 16.3 Å². The van der Waals surface area contributed by atoms with Gasteiger partial charge in [-0.2, -0.15) is 49.0 Å². The Morgan fingerprint density at radius 1 is 0.941 bits per heavy atom. The van der Waals surface area contributed by atoms with Crippen molar-refractivity contribution in [1.29, 1.82) is 0 Å². The molecule has 0 radical (unpaired) electrons.